The summed E-state index contributed by atoms with van der Waals surface area (Å²) in [6.45, 7) is 20.4. The van der Waals surface area contributed by atoms with Crippen LogP contribution in [0.25, 0.3) is 0 Å². The molecular weight excluding hydrogens is 448 g/mol. The number of aliphatic hydroxyl groups is 1. The molecule has 3 aliphatic heterocycles. The van der Waals surface area contributed by atoms with Crippen molar-refractivity contribution in [3.05, 3.63) is 0 Å². The third kappa shape index (κ3) is 11.8. The lowest BCUT2D eigenvalue weighted by atomic mass is 9.96. The third-order valence-corrected chi connectivity index (χ3v) is 6.52. The van der Waals surface area contributed by atoms with Crippen molar-refractivity contribution < 1.29 is 24.2 Å². The molecule has 2 N–H and O–H groups in total. The second-order valence-corrected chi connectivity index (χ2v) is 12.1. The maximum absolute atomic E-state index is 12.0. The summed E-state index contributed by atoms with van der Waals surface area (Å²) >= 11 is 0. The van der Waals surface area contributed by atoms with Crippen LogP contribution in [0.3, 0.4) is 0 Å². The fourth-order valence-electron chi connectivity index (χ4n) is 4.51. The number of nitrogens with zero attached hydrogens (tertiary/aromatic N) is 3. The van der Waals surface area contributed by atoms with Crippen molar-refractivity contribution in [2.24, 2.45) is 11.8 Å². The molecule has 3 fully saturated rings. The summed E-state index contributed by atoms with van der Waals surface area (Å²) in [5.74, 6) is 1.08. The van der Waals surface area contributed by atoms with Gasteiger partial charge in [0.25, 0.3) is 0 Å². The molecule has 0 aromatic rings. The summed E-state index contributed by atoms with van der Waals surface area (Å²) in [7, 11) is 0. The summed E-state index contributed by atoms with van der Waals surface area (Å²) in [6.07, 6.45) is 3.55. The summed E-state index contributed by atoms with van der Waals surface area (Å²) in [6, 6.07) is 0. The van der Waals surface area contributed by atoms with E-state index in [9.17, 15) is 9.59 Å². The molecule has 9 nitrogen and oxygen atoms in total. The van der Waals surface area contributed by atoms with Crippen LogP contribution < -0.4 is 5.32 Å². The van der Waals surface area contributed by atoms with Crippen LogP contribution in [0, 0.1) is 11.8 Å². The number of piperazine rings is 1. The number of carbonyl (C=O) groups excluding carboxylic acids is 2. The molecule has 0 bridgehead atoms. The SMILES string of the molecule is CC(C)(C)OC(=O)N1CCC(CN2CCNCC2)CC1.CC(C)(C)OC(=O)N1CCC(CO)CC1. The lowest BCUT2D eigenvalue weighted by Crippen LogP contribution is -2.47. The molecule has 2 amide bonds. The Bertz CT molecular complexity index is 639. The van der Waals surface area contributed by atoms with Crippen LogP contribution in [0.5, 0.6) is 0 Å². The molecule has 0 aliphatic carbocycles. The van der Waals surface area contributed by atoms with Gasteiger partial charge in [-0.05, 0) is 79.1 Å². The van der Waals surface area contributed by atoms with Crippen molar-refractivity contribution in [3.8, 4) is 0 Å². The summed E-state index contributed by atoms with van der Waals surface area (Å²) in [5.41, 5.74) is -0.820. The monoisotopic (exact) mass is 498 g/mol. The number of aliphatic hydroxyl groups excluding tert-OH is 1. The average molecular weight is 499 g/mol. The van der Waals surface area contributed by atoms with Gasteiger partial charge in [-0.3, -0.25) is 0 Å². The molecular formula is C26H50N4O5. The van der Waals surface area contributed by atoms with Gasteiger partial charge >= 0.3 is 12.2 Å². The standard InChI is InChI=1S/C15H29N3O2.C11H21NO3/c1-15(2,3)20-14(19)18-8-4-13(5-9-18)12-17-10-6-16-7-11-17;1-11(2,3)15-10(14)12-6-4-9(8-13)5-7-12/h13,16H,4-12H2,1-3H3;9,13H,4-8H2,1-3H3. The van der Waals surface area contributed by atoms with E-state index in [4.69, 9.17) is 14.6 Å². The fraction of sp³-hybridized carbons (Fsp3) is 0.923. The molecule has 0 spiro atoms. The van der Waals surface area contributed by atoms with Gasteiger partial charge in [0.15, 0.2) is 0 Å². The topological polar surface area (TPSA) is 94.6 Å². The summed E-state index contributed by atoms with van der Waals surface area (Å²) < 4.78 is 10.7. The number of likely N-dealkylation sites (tertiary alicyclic amines) is 2. The molecule has 0 aromatic heterocycles. The molecule has 204 valence electrons. The second-order valence-electron chi connectivity index (χ2n) is 12.1. The van der Waals surface area contributed by atoms with E-state index in [0.717, 1.165) is 70.9 Å². The highest BCUT2D eigenvalue weighted by Gasteiger charge is 2.28. The predicted octanol–water partition coefficient (Wildman–Crippen LogP) is 3.16. The average Bonchev–Trinajstić information content (AvgIpc) is 2.78. The molecule has 3 saturated heterocycles. The number of nitrogens with one attached hydrogen (secondary N) is 1. The first-order valence-electron chi connectivity index (χ1n) is 13.4. The summed E-state index contributed by atoms with van der Waals surface area (Å²) in [5, 5.41) is 12.4. The van der Waals surface area contributed by atoms with Crippen molar-refractivity contribution in [2.45, 2.75) is 78.4 Å². The van der Waals surface area contributed by atoms with Crippen molar-refractivity contribution in [3.63, 3.8) is 0 Å². The number of rotatable bonds is 3. The highest BCUT2D eigenvalue weighted by molar-refractivity contribution is 5.68. The first kappa shape index (κ1) is 29.6. The largest absolute Gasteiger partial charge is 0.444 e. The number of amides is 2. The van der Waals surface area contributed by atoms with E-state index in [0.29, 0.717) is 19.0 Å². The minimum absolute atomic E-state index is 0.155. The molecule has 0 saturated carbocycles. The van der Waals surface area contributed by atoms with E-state index in [1.165, 1.54) is 6.54 Å². The molecule has 3 heterocycles. The van der Waals surface area contributed by atoms with Crippen LogP contribution in [0.1, 0.15) is 67.2 Å². The van der Waals surface area contributed by atoms with Crippen molar-refractivity contribution in [2.75, 3.05) is 65.5 Å². The first-order valence-corrected chi connectivity index (χ1v) is 13.4. The van der Waals surface area contributed by atoms with E-state index in [2.05, 4.69) is 10.2 Å². The van der Waals surface area contributed by atoms with Gasteiger partial charge in [0, 0.05) is 65.5 Å². The molecule has 0 aromatic carbocycles. The Morgan fingerprint density at radius 2 is 1.14 bits per heavy atom. The highest BCUT2D eigenvalue weighted by Crippen LogP contribution is 2.21. The maximum atomic E-state index is 12.0. The van der Waals surface area contributed by atoms with Crippen LogP contribution in [-0.2, 0) is 9.47 Å². The van der Waals surface area contributed by atoms with Gasteiger partial charge in [-0.2, -0.15) is 0 Å². The van der Waals surface area contributed by atoms with Crippen LogP contribution in [0.15, 0.2) is 0 Å². The number of hydrogen-bond acceptors (Lipinski definition) is 7. The van der Waals surface area contributed by atoms with Gasteiger partial charge in [0.2, 0.25) is 0 Å². The molecule has 3 aliphatic rings. The molecule has 0 atom stereocenters. The number of hydrogen-bond donors (Lipinski definition) is 2. The van der Waals surface area contributed by atoms with Crippen molar-refractivity contribution >= 4 is 12.2 Å². The first-order chi connectivity index (χ1) is 16.4. The molecule has 0 unspecified atom stereocenters. The number of ether oxygens (including phenoxy) is 2. The van der Waals surface area contributed by atoms with Gasteiger partial charge in [-0.25, -0.2) is 9.59 Å². The second kappa shape index (κ2) is 13.7. The maximum Gasteiger partial charge on any atom is 0.410 e. The van der Waals surface area contributed by atoms with Crippen molar-refractivity contribution in [1.29, 1.82) is 0 Å². The zero-order chi connectivity index (χ0) is 26.1. The lowest BCUT2D eigenvalue weighted by Gasteiger charge is -2.36. The van der Waals surface area contributed by atoms with Gasteiger partial charge in [-0.15, -0.1) is 0 Å². The smallest absolute Gasteiger partial charge is 0.410 e. The van der Waals surface area contributed by atoms with E-state index >= 15 is 0 Å². The van der Waals surface area contributed by atoms with Crippen LogP contribution in [-0.4, -0.2) is 109 Å². The van der Waals surface area contributed by atoms with E-state index in [1.54, 1.807) is 4.90 Å². The Kier molecular flexibility index (Phi) is 11.6. The van der Waals surface area contributed by atoms with Crippen LogP contribution >= 0.6 is 0 Å². The summed E-state index contributed by atoms with van der Waals surface area (Å²) in [4.78, 5) is 29.8. The van der Waals surface area contributed by atoms with Crippen LogP contribution in [0.2, 0.25) is 0 Å². The van der Waals surface area contributed by atoms with Gasteiger partial charge in [0.05, 0.1) is 0 Å². The van der Waals surface area contributed by atoms with Gasteiger partial charge in [0.1, 0.15) is 11.2 Å². The Morgan fingerprint density at radius 3 is 1.51 bits per heavy atom. The van der Waals surface area contributed by atoms with E-state index < -0.39 is 11.2 Å². The normalized spacial score (nSPS) is 21.2. The number of piperidine rings is 2. The molecule has 35 heavy (non-hydrogen) atoms. The van der Waals surface area contributed by atoms with Gasteiger partial charge < -0.3 is 34.6 Å². The quantitative estimate of drug-likeness (QED) is 0.617. The third-order valence-electron chi connectivity index (χ3n) is 6.52. The number of carbonyl (C=O) groups is 2. The predicted molar refractivity (Wildman–Crippen MR) is 137 cm³/mol. The van der Waals surface area contributed by atoms with Gasteiger partial charge in [-0.1, -0.05) is 0 Å². The minimum atomic E-state index is -0.426. The lowest BCUT2D eigenvalue weighted by molar-refractivity contribution is 0.0153. The zero-order valence-corrected chi connectivity index (χ0v) is 23.0. The molecule has 9 heteroatoms. The minimum Gasteiger partial charge on any atom is -0.444 e. The Morgan fingerprint density at radius 1 is 0.743 bits per heavy atom. The molecule has 0 radical (unpaired) electrons. The van der Waals surface area contributed by atoms with Crippen molar-refractivity contribution in [1.82, 2.24) is 20.0 Å². The highest BCUT2D eigenvalue weighted by atomic mass is 16.6. The Balaban J connectivity index is 0.000000258. The van der Waals surface area contributed by atoms with Crippen LogP contribution in [0.4, 0.5) is 9.59 Å². The van der Waals surface area contributed by atoms with E-state index in [1.807, 2.05) is 46.4 Å². The Hall–Kier alpha value is -1.58. The molecule has 3 rings (SSSR count). The van der Waals surface area contributed by atoms with E-state index in [-0.39, 0.29) is 18.8 Å². The zero-order valence-electron chi connectivity index (χ0n) is 23.0. The Labute approximate surface area is 212 Å². The fourth-order valence-corrected chi connectivity index (χ4v) is 4.51.